The number of sulfonamides is 1. The van der Waals surface area contributed by atoms with E-state index in [2.05, 4.69) is 4.57 Å². The van der Waals surface area contributed by atoms with Gasteiger partial charge in [0.15, 0.2) is 0 Å². The molecule has 1 fully saturated rings. The molecule has 0 bridgehead atoms. The number of imidazole rings is 1. The molecule has 1 saturated heterocycles. The summed E-state index contributed by atoms with van der Waals surface area (Å²) >= 11 is 0. The van der Waals surface area contributed by atoms with Crippen LogP contribution in [0.4, 0.5) is 13.2 Å². The van der Waals surface area contributed by atoms with Crippen molar-refractivity contribution < 1.29 is 26.3 Å². The van der Waals surface area contributed by atoms with Gasteiger partial charge in [0.05, 0.1) is 21.5 Å². The molecule has 10 heteroatoms. The third kappa shape index (κ3) is 5.50. The van der Waals surface area contributed by atoms with E-state index in [0.29, 0.717) is 39.1 Å². The fourth-order valence-electron chi connectivity index (χ4n) is 4.66. The highest BCUT2D eigenvalue weighted by Gasteiger charge is 2.33. The molecule has 6 nitrogen and oxygen atoms in total. The van der Waals surface area contributed by atoms with E-state index in [0.717, 1.165) is 46.9 Å². The van der Waals surface area contributed by atoms with E-state index in [1.54, 1.807) is 0 Å². The van der Waals surface area contributed by atoms with E-state index in [1.165, 1.54) is 4.31 Å². The predicted octanol–water partition coefficient (Wildman–Crippen LogP) is 5.74. The molecule has 0 spiro atoms. The van der Waals surface area contributed by atoms with Crippen molar-refractivity contribution in [2.75, 3.05) is 13.1 Å². The molecule has 0 amide bonds. The molecule has 194 valence electrons. The lowest BCUT2D eigenvalue weighted by atomic mass is 9.98. The second kappa shape index (κ2) is 10.2. The van der Waals surface area contributed by atoms with E-state index in [9.17, 15) is 21.6 Å². The number of alkyl halides is 3. The van der Waals surface area contributed by atoms with Crippen molar-refractivity contribution in [1.82, 2.24) is 13.9 Å². The Morgan fingerprint density at radius 1 is 0.892 bits per heavy atom. The zero-order valence-electron chi connectivity index (χ0n) is 19.9. The summed E-state index contributed by atoms with van der Waals surface area (Å²) < 4.78 is 74.1. The van der Waals surface area contributed by atoms with Crippen LogP contribution >= 0.6 is 0 Å². The molecule has 5 rings (SSSR count). The molecule has 1 aliphatic heterocycles. The Morgan fingerprint density at radius 3 is 2.22 bits per heavy atom. The summed E-state index contributed by atoms with van der Waals surface area (Å²) in [5, 5.41) is 0. The van der Waals surface area contributed by atoms with Crippen LogP contribution in [0.5, 0.6) is 5.75 Å². The van der Waals surface area contributed by atoms with Gasteiger partial charge < -0.3 is 9.30 Å². The third-order valence-corrected chi connectivity index (χ3v) is 8.59. The summed E-state index contributed by atoms with van der Waals surface area (Å²) in [6.07, 6.45) is -3.25. The Balaban J connectivity index is 1.28. The van der Waals surface area contributed by atoms with Gasteiger partial charge in [-0.15, -0.1) is 0 Å². The number of piperidine rings is 1. The topological polar surface area (TPSA) is 64.4 Å². The highest BCUT2D eigenvalue weighted by atomic mass is 32.2. The first kappa shape index (κ1) is 25.3. The fourth-order valence-corrected chi connectivity index (χ4v) is 6.13. The summed E-state index contributed by atoms with van der Waals surface area (Å²) in [5.74, 6) is 1.76. The largest absolute Gasteiger partial charge is 0.486 e. The van der Waals surface area contributed by atoms with Crippen LogP contribution in [0.15, 0.2) is 83.8 Å². The molecule has 37 heavy (non-hydrogen) atoms. The minimum Gasteiger partial charge on any atom is -0.486 e. The number of nitrogens with zero attached hydrogens (tertiary/aromatic N) is 3. The maximum Gasteiger partial charge on any atom is 0.416 e. The van der Waals surface area contributed by atoms with Gasteiger partial charge in [-0.25, -0.2) is 13.4 Å². The predicted molar refractivity (Wildman–Crippen MR) is 133 cm³/mol. The molecule has 1 aromatic heterocycles. The van der Waals surface area contributed by atoms with Crippen molar-refractivity contribution >= 4 is 21.1 Å². The van der Waals surface area contributed by atoms with Crippen LogP contribution < -0.4 is 4.74 Å². The molecule has 0 unspecified atom stereocenters. The lowest BCUT2D eigenvalue weighted by Crippen LogP contribution is -2.39. The van der Waals surface area contributed by atoms with E-state index in [-0.39, 0.29) is 10.8 Å². The van der Waals surface area contributed by atoms with Crippen LogP contribution in [0, 0.1) is 5.92 Å². The standard InChI is InChI=1S/C27H26F3N3O3S/c28-27(29,30)21-10-12-23(13-11-21)37(34,35)32-16-14-20(15-17-32)18-33-25-9-5-4-8-24(25)31-26(33)19-36-22-6-2-1-3-7-22/h1-13,20H,14-19H2. The number of aromatic nitrogens is 2. The van der Waals surface area contributed by atoms with Crippen LogP contribution in [-0.4, -0.2) is 35.4 Å². The van der Waals surface area contributed by atoms with Crippen molar-refractivity contribution in [1.29, 1.82) is 0 Å². The first-order valence-electron chi connectivity index (χ1n) is 12.0. The molecule has 1 aliphatic rings. The average Bonchev–Trinajstić information content (AvgIpc) is 3.25. The molecule has 0 saturated carbocycles. The van der Waals surface area contributed by atoms with Crippen molar-refractivity contribution in [3.8, 4) is 5.75 Å². The van der Waals surface area contributed by atoms with Gasteiger partial charge in [-0.1, -0.05) is 30.3 Å². The van der Waals surface area contributed by atoms with Crippen molar-refractivity contribution in [3.05, 3.63) is 90.3 Å². The first-order valence-corrected chi connectivity index (χ1v) is 13.5. The zero-order valence-corrected chi connectivity index (χ0v) is 20.8. The summed E-state index contributed by atoms with van der Waals surface area (Å²) in [4.78, 5) is 4.64. The molecule has 2 heterocycles. The van der Waals surface area contributed by atoms with Crippen LogP contribution in [0.25, 0.3) is 11.0 Å². The Hall–Kier alpha value is -3.37. The molecule has 0 N–H and O–H groups in total. The van der Waals surface area contributed by atoms with Gasteiger partial charge in [0, 0.05) is 19.6 Å². The lowest BCUT2D eigenvalue weighted by Gasteiger charge is -2.31. The van der Waals surface area contributed by atoms with Gasteiger partial charge in [-0.2, -0.15) is 17.5 Å². The third-order valence-electron chi connectivity index (χ3n) is 6.68. The second-order valence-electron chi connectivity index (χ2n) is 9.10. The summed E-state index contributed by atoms with van der Waals surface area (Å²) in [6.45, 7) is 1.58. The number of ether oxygens (including phenoxy) is 1. The maximum absolute atomic E-state index is 13.0. The number of benzene rings is 3. The Kier molecular flexibility index (Phi) is 6.96. The highest BCUT2D eigenvalue weighted by Crippen LogP contribution is 2.31. The molecular formula is C27H26F3N3O3S. The molecule has 4 aromatic rings. The average molecular weight is 530 g/mol. The molecule has 0 aliphatic carbocycles. The van der Waals surface area contributed by atoms with Crippen LogP contribution in [0.3, 0.4) is 0 Å². The fraction of sp³-hybridized carbons (Fsp3) is 0.296. The Morgan fingerprint density at radius 2 is 1.54 bits per heavy atom. The van der Waals surface area contributed by atoms with Gasteiger partial charge in [-0.3, -0.25) is 0 Å². The van der Waals surface area contributed by atoms with E-state index in [1.807, 2.05) is 54.6 Å². The van der Waals surface area contributed by atoms with E-state index >= 15 is 0 Å². The van der Waals surface area contributed by atoms with Crippen molar-refractivity contribution in [2.45, 2.75) is 37.1 Å². The van der Waals surface area contributed by atoms with Crippen LogP contribution in [0.1, 0.15) is 24.2 Å². The van der Waals surface area contributed by atoms with E-state index in [4.69, 9.17) is 9.72 Å². The number of para-hydroxylation sites is 3. The molecule has 0 atom stereocenters. The highest BCUT2D eigenvalue weighted by molar-refractivity contribution is 7.89. The lowest BCUT2D eigenvalue weighted by molar-refractivity contribution is -0.137. The van der Waals surface area contributed by atoms with Crippen molar-refractivity contribution in [3.63, 3.8) is 0 Å². The minimum absolute atomic E-state index is 0.125. The summed E-state index contributed by atoms with van der Waals surface area (Å²) in [7, 11) is -3.86. The smallest absolute Gasteiger partial charge is 0.416 e. The Labute approximate surface area is 213 Å². The van der Waals surface area contributed by atoms with Gasteiger partial charge in [0.1, 0.15) is 18.2 Å². The number of hydrogen-bond donors (Lipinski definition) is 0. The van der Waals surface area contributed by atoms with Gasteiger partial charge >= 0.3 is 6.18 Å². The number of fused-ring (bicyclic) bond motifs is 1. The van der Waals surface area contributed by atoms with Gasteiger partial charge in [0.2, 0.25) is 10.0 Å². The minimum atomic E-state index is -4.51. The number of halogens is 3. The zero-order chi connectivity index (χ0) is 26.0. The van der Waals surface area contributed by atoms with Crippen LogP contribution in [0.2, 0.25) is 0 Å². The van der Waals surface area contributed by atoms with Crippen LogP contribution in [-0.2, 0) is 29.4 Å². The molecule has 3 aromatic carbocycles. The van der Waals surface area contributed by atoms with Gasteiger partial charge in [-0.05, 0) is 67.3 Å². The number of hydrogen-bond acceptors (Lipinski definition) is 4. The van der Waals surface area contributed by atoms with Gasteiger partial charge in [0.25, 0.3) is 0 Å². The van der Waals surface area contributed by atoms with E-state index < -0.39 is 21.8 Å². The maximum atomic E-state index is 13.0. The molecule has 0 radical (unpaired) electrons. The number of rotatable bonds is 7. The molecular weight excluding hydrogens is 503 g/mol. The second-order valence-corrected chi connectivity index (χ2v) is 11.0. The quantitative estimate of drug-likeness (QED) is 0.307. The normalized spacial score (nSPS) is 15.8. The SMILES string of the molecule is O=S(=O)(c1ccc(C(F)(F)F)cc1)N1CCC(Cn2c(COc3ccccc3)nc3ccccc32)CC1. The summed E-state index contributed by atoms with van der Waals surface area (Å²) in [5.41, 5.74) is 0.996. The van der Waals surface area contributed by atoms with Crippen molar-refractivity contribution in [2.24, 2.45) is 5.92 Å². The first-order chi connectivity index (χ1) is 17.7. The Bertz CT molecular complexity index is 1460. The monoisotopic (exact) mass is 529 g/mol. The summed E-state index contributed by atoms with van der Waals surface area (Å²) in [6, 6.07) is 21.1.